The van der Waals surface area contributed by atoms with E-state index in [4.69, 9.17) is 0 Å². The van der Waals surface area contributed by atoms with Crippen LogP contribution in [0.4, 0.5) is 35.1 Å². The van der Waals surface area contributed by atoms with E-state index in [9.17, 15) is 35.1 Å². The summed E-state index contributed by atoms with van der Waals surface area (Å²) in [6.45, 7) is 0. The summed E-state index contributed by atoms with van der Waals surface area (Å²) in [6.07, 6.45) is -10.0. The number of alkyl halides is 8. The third kappa shape index (κ3) is 0.917. The maximum Gasteiger partial charge on any atom is 0.424 e. The Morgan fingerprint density at radius 3 is 1.00 bits per heavy atom. The molecular formula is C5F8O2. The van der Waals surface area contributed by atoms with Gasteiger partial charge in [-0.2, -0.15) is 35.1 Å². The molecule has 0 bridgehead atoms. The van der Waals surface area contributed by atoms with Crippen molar-refractivity contribution < 1.29 is 44.6 Å². The predicted octanol–water partition coefficient (Wildman–Crippen LogP) is 2.20. The number of halogens is 8. The van der Waals surface area contributed by atoms with E-state index in [-0.39, 0.29) is 0 Å². The molecule has 2 saturated heterocycles. The topological polar surface area (TPSA) is 25.1 Å². The second kappa shape index (κ2) is 2.08. The summed E-state index contributed by atoms with van der Waals surface area (Å²) in [7, 11) is 0. The Kier molecular flexibility index (Phi) is 1.50. The number of ether oxygens (including phenoxy) is 2. The molecule has 2 nitrogen and oxygen atoms in total. The Morgan fingerprint density at radius 2 is 0.867 bits per heavy atom. The lowest BCUT2D eigenvalue weighted by atomic mass is 10.1. The molecule has 0 amide bonds. The molecule has 0 spiro atoms. The quantitative estimate of drug-likeness (QED) is 0.549. The van der Waals surface area contributed by atoms with E-state index in [2.05, 4.69) is 9.47 Å². The molecule has 10 heteroatoms. The van der Waals surface area contributed by atoms with Crippen molar-refractivity contribution in [1.29, 1.82) is 0 Å². The van der Waals surface area contributed by atoms with Gasteiger partial charge in [0.1, 0.15) is 0 Å². The first kappa shape index (κ1) is 10.9. The number of rotatable bonds is 2. The van der Waals surface area contributed by atoms with E-state index < -0.39 is 29.8 Å². The maximum absolute atomic E-state index is 12.6. The second-order valence-electron chi connectivity index (χ2n) is 3.00. The van der Waals surface area contributed by atoms with E-state index in [1.165, 1.54) is 0 Å². The smallest absolute Gasteiger partial charge is 0.265 e. The van der Waals surface area contributed by atoms with Crippen LogP contribution in [0.25, 0.3) is 0 Å². The van der Waals surface area contributed by atoms with Gasteiger partial charge in [-0.25, -0.2) is 0 Å². The highest BCUT2D eigenvalue weighted by Gasteiger charge is 3.02. The van der Waals surface area contributed by atoms with Crippen LogP contribution in [0, 0.1) is 0 Å². The maximum atomic E-state index is 12.6. The molecule has 2 atom stereocenters. The van der Waals surface area contributed by atoms with E-state index in [1.54, 1.807) is 0 Å². The van der Waals surface area contributed by atoms with Crippen molar-refractivity contribution >= 4 is 0 Å². The molecule has 0 saturated carbocycles. The zero-order valence-corrected chi connectivity index (χ0v) is 6.34. The molecule has 2 aliphatic rings. The fraction of sp³-hybridized carbons (Fsp3) is 1.00. The second-order valence-corrected chi connectivity index (χ2v) is 3.00. The van der Waals surface area contributed by atoms with E-state index in [1.807, 2.05) is 0 Å². The summed E-state index contributed by atoms with van der Waals surface area (Å²) < 4.78 is 103. The SMILES string of the molecule is FC1(F)OC1(F)C(F)(F)C1(F)OC1(F)F. The number of hydrogen-bond donors (Lipinski definition) is 0. The van der Waals surface area contributed by atoms with Crippen LogP contribution >= 0.6 is 0 Å². The third-order valence-corrected chi connectivity index (χ3v) is 2.01. The lowest BCUT2D eigenvalue weighted by Crippen LogP contribution is -2.49. The molecule has 0 aromatic carbocycles. The lowest BCUT2D eigenvalue weighted by Gasteiger charge is -2.17. The Morgan fingerprint density at radius 1 is 0.667 bits per heavy atom. The average molecular weight is 244 g/mol. The van der Waals surface area contributed by atoms with Crippen molar-refractivity contribution in [2.75, 3.05) is 0 Å². The normalized spacial score (nSPS) is 46.4. The fourth-order valence-electron chi connectivity index (χ4n) is 1.00. The summed E-state index contributed by atoms with van der Waals surface area (Å²) in [6, 6.07) is 0. The highest BCUT2D eigenvalue weighted by Crippen LogP contribution is 2.71. The highest BCUT2D eigenvalue weighted by atomic mass is 19.3. The van der Waals surface area contributed by atoms with Gasteiger partial charge in [0.05, 0.1) is 0 Å². The monoisotopic (exact) mass is 244 g/mol. The molecule has 0 aliphatic carbocycles. The van der Waals surface area contributed by atoms with Gasteiger partial charge in [-0.15, -0.1) is 0 Å². The summed E-state index contributed by atoms with van der Waals surface area (Å²) in [5.74, 6) is -16.0. The van der Waals surface area contributed by atoms with Gasteiger partial charge in [-0.1, -0.05) is 0 Å². The molecule has 0 N–H and O–H groups in total. The minimum absolute atomic E-state index is 2.61. The van der Waals surface area contributed by atoms with E-state index in [0.717, 1.165) is 0 Å². The van der Waals surface area contributed by atoms with Gasteiger partial charge in [0, 0.05) is 0 Å². The van der Waals surface area contributed by atoms with Crippen LogP contribution in [0.15, 0.2) is 0 Å². The molecular weight excluding hydrogens is 244 g/mol. The zero-order chi connectivity index (χ0) is 11.9. The van der Waals surface area contributed by atoms with Gasteiger partial charge in [-0.05, 0) is 0 Å². The first-order valence-electron chi connectivity index (χ1n) is 3.33. The molecule has 2 heterocycles. The van der Waals surface area contributed by atoms with Crippen LogP contribution in [-0.4, -0.2) is 29.8 Å². The summed E-state index contributed by atoms with van der Waals surface area (Å²) in [5.41, 5.74) is 0. The fourth-order valence-corrected chi connectivity index (χ4v) is 1.00. The van der Waals surface area contributed by atoms with Gasteiger partial charge >= 0.3 is 29.8 Å². The standard InChI is InChI=1S/C5F8O2/c6-1(7,2(8)4(10,11)14-2)3(9)5(12,13)15-3. The molecule has 88 valence electrons. The molecule has 0 aromatic rings. The van der Waals surface area contributed by atoms with Gasteiger partial charge in [-0.3, -0.25) is 9.47 Å². The van der Waals surface area contributed by atoms with Crippen LogP contribution < -0.4 is 0 Å². The van der Waals surface area contributed by atoms with Crippen LogP contribution in [0.3, 0.4) is 0 Å². The molecule has 0 aromatic heterocycles. The van der Waals surface area contributed by atoms with Gasteiger partial charge in [0.25, 0.3) is 0 Å². The van der Waals surface area contributed by atoms with Crippen molar-refractivity contribution in [3.8, 4) is 0 Å². The van der Waals surface area contributed by atoms with Crippen LogP contribution in [-0.2, 0) is 9.47 Å². The first-order valence-corrected chi connectivity index (χ1v) is 3.33. The van der Waals surface area contributed by atoms with E-state index >= 15 is 0 Å². The van der Waals surface area contributed by atoms with Crippen molar-refractivity contribution in [3.05, 3.63) is 0 Å². The Balaban J connectivity index is 2.31. The van der Waals surface area contributed by atoms with Crippen LogP contribution in [0.1, 0.15) is 0 Å². The van der Waals surface area contributed by atoms with Crippen molar-refractivity contribution in [1.82, 2.24) is 0 Å². The number of epoxide rings is 2. The molecule has 15 heavy (non-hydrogen) atoms. The molecule has 2 unspecified atom stereocenters. The largest absolute Gasteiger partial charge is 0.424 e. The van der Waals surface area contributed by atoms with Crippen molar-refractivity contribution in [3.63, 3.8) is 0 Å². The Hall–Kier alpha value is -0.640. The van der Waals surface area contributed by atoms with Gasteiger partial charge in [0.15, 0.2) is 0 Å². The Labute approximate surface area is 75.7 Å². The lowest BCUT2D eigenvalue weighted by molar-refractivity contribution is -0.227. The van der Waals surface area contributed by atoms with Crippen LogP contribution in [0.5, 0.6) is 0 Å². The predicted molar refractivity (Wildman–Crippen MR) is 24.7 cm³/mol. The molecule has 2 fully saturated rings. The molecule has 0 radical (unpaired) electrons. The Bertz CT molecular complexity index is 299. The number of hydrogen-bond acceptors (Lipinski definition) is 2. The minimum atomic E-state index is -5.81. The molecule has 2 rings (SSSR count). The molecule has 2 aliphatic heterocycles. The summed E-state index contributed by atoms with van der Waals surface area (Å²) in [5, 5.41) is 0. The van der Waals surface area contributed by atoms with Crippen molar-refractivity contribution in [2.45, 2.75) is 29.8 Å². The summed E-state index contributed by atoms with van der Waals surface area (Å²) in [4.78, 5) is 0. The van der Waals surface area contributed by atoms with Crippen molar-refractivity contribution in [2.24, 2.45) is 0 Å². The first-order chi connectivity index (χ1) is 6.41. The van der Waals surface area contributed by atoms with Crippen LogP contribution in [0.2, 0.25) is 0 Å². The van der Waals surface area contributed by atoms with Gasteiger partial charge < -0.3 is 0 Å². The third-order valence-electron chi connectivity index (χ3n) is 2.01. The van der Waals surface area contributed by atoms with E-state index in [0.29, 0.717) is 0 Å². The average Bonchev–Trinajstić information content (AvgIpc) is 2.69. The summed E-state index contributed by atoms with van der Waals surface area (Å²) >= 11 is 0. The highest BCUT2D eigenvalue weighted by molar-refractivity contribution is 5.17. The van der Waals surface area contributed by atoms with Gasteiger partial charge in [0.2, 0.25) is 0 Å². The minimum Gasteiger partial charge on any atom is -0.265 e. The zero-order valence-electron chi connectivity index (χ0n) is 6.34.